The third kappa shape index (κ3) is 1.64. The molecule has 2 aromatic carbocycles. The van der Waals surface area contributed by atoms with Gasteiger partial charge in [-0.2, -0.15) is 0 Å². The maximum Gasteiger partial charge on any atom is 0.0871 e. The van der Waals surface area contributed by atoms with Crippen molar-refractivity contribution in [3.8, 4) is 0 Å². The van der Waals surface area contributed by atoms with Crippen LogP contribution in [0.15, 0.2) is 60.7 Å². The minimum absolute atomic E-state index is 0.192. The highest BCUT2D eigenvalue weighted by Crippen LogP contribution is 2.58. The lowest BCUT2D eigenvalue weighted by Gasteiger charge is -2.18. The Labute approximate surface area is 104 Å². The Morgan fingerprint density at radius 1 is 0.824 bits per heavy atom. The lowest BCUT2D eigenvalue weighted by Crippen LogP contribution is -2.16. The van der Waals surface area contributed by atoms with Crippen LogP contribution in [0.5, 0.6) is 0 Å². The number of benzene rings is 2. The van der Waals surface area contributed by atoms with Crippen molar-refractivity contribution in [3.05, 3.63) is 71.8 Å². The summed E-state index contributed by atoms with van der Waals surface area (Å²) in [6.45, 7) is 2.26. The number of hydrogen-bond acceptors (Lipinski definition) is 0. The average molecular weight is 238 g/mol. The van der Waals surface area contributed by atoms with Gasteiger partial charge in [0.05, 0.1) is 5.16 Å². The first-order chi connectivity index (χ1) is 8.38. The molecule has 0 fully saturated rings. The molecule has 1 heteroatoms. The lowest BCUT2D eigenvalue weighted by atomic mass is 9.87. The van der Waals surface area contributed by atoms with E-state index in [0.29, 0.717) is 0 Å². The molecule has 0 saturated heterocycles. The first kappa shape index (κ1) is 10.7. The van der Waals surface area contributed by atoms with Crippen LogP contribution in [0.4, 0.5) is 0 Å². The van der Waals surface area contributed by atoms with Gasteiger partial charge in [0.1, 0.15) is 0 Å². The molecule has 0 saturated carbocycles. The fraction of sp³-hybridized carbons (Fsp3) is 0.188. The molecule has 84 valence electrons. The summed E-state index contributed by atoms with van der Waals surface area (Å²) in [5.74, 6) is 0. The fourth-order valence-electron chi connectivity index (χ4n) is 2.50. The van der Waals surface area contributed by atoms with E-state index in [1.54, 1.807) is 5.29 Å². The Morgan fingerprint density at radius 2 is 1.29 bits per heavy atom. The smallest absolute Gasteiger partial charge is 0.0819 e. The van der Waals surface area contributed by atoms with Gasteiger partial charge in [0, 0.05) is 0 Å². The van der Waals surface area contributed by atoms with Crippen LogP contribution in [0.3, 0.4) is 0 Å². The second kappa shape index (κ2) is 4.13. The average Bonchev–Trinajstić information content (AvgIpc) is 3.17. The van der Waals surface area contributed by atoms with Crippen molar-refractivity contribution >= 4 is 13.5 Å². The van der Waals surface area contributed by atoms with Gasteiger partial charge in [-0.25, -0.2) is 0 Å². The minimum atomic E-state index is 0.192. The normalized spacial score (nSPS) is 17.4. The molecule has 0 spiro atoms. The van der Waals surface area contributed by atoms with Crippen molar-refractivity contribution in [1.82, 2.24) is 0 Å². The minimum Gasteiger partial charge on any atom is -0.0819 e. The Balaban J connectivity index is 2.08. The van der Waals surface area contributed by atoms with Crippen molar-refractivity contribution in [2.24, 2.45) is 0 Å². The van der Waals surface area contributed by atoms with Gasteiger partial charge in [-0.05, 0) is 22.8 Å². The molecule has 0 bridgehead atoms. The summed E-state index contributed by atoms with van der Waals surface area (Å²) in [6, 6.07) is 21.8. The van der Waals surface area contributed by atoms with Gasteiger partial charge >= 0.3 is 0 Å². The van der Waals surface area contributed by atoms with Gasteiger partial charge in [-0.3, -0.25) is 0 Å². The zero-order valence-corrected chi connectivity index (χ0v) is 10.8. The van der Waals surface area contributed by atoms with Crippen molar-refractivity contribution < 1.29 is 0 Å². The van der Waals surface area contributed by atoms with Crippen LogP contribution in [0.2, 0.25) is 0 Å². The summed E-state index contributed by atoms with van der Waals surface area (Å²) in [4.78, 5) is 0. The van der Waals surface area contributed by atoms with Crippen LogP contribution < -0.4 is 0 Å². The van der Waals surface area contributed by atoms with E-state index in [0.717, 1.165) is 0 Å². The molecule has 0 unspecified atom stereocenters. The maximum atomic E-state index is 2.26. The summed E-state index contributed by atoms with van der Waals surface area (Å²) in [5.41, 5.74) is 2.87. The Hall–Kier alpha value is -1.39. The van der Waals surface area contributed by atoms with Crippen LogP contribution in [-0.4, -0.2) is 5.29 Å². The molecular formula is C16H15P. The van der Waals surface area contributed by atoms with Gasteiger partial charge < -0.3 is 0 Å². The van der Waals surface area contributed by atoms with E-state index in [2.05, 4.69) is 67.6 Å². The monoisotopic (exact) mass is 238 g/mol. The van der Waals surface area contributed by atoms with Crippen LogP contribution in [0, 0.1) is 0 Å². The van der Waals surface area contributed by atoms with Crippen molar-refractivity contribution in [2.45, 2.75) is 18.5 Å². The molecule has 0 amide bonds. The molecule has 17 heavy (non-hydrogen) atoms. The predicted molar refractivity (Wildman–Crippen MR) is 75.9 cm³/mol. The molecule has 1 aliphatic rings. The summed E-state index contributed by atoms with van der Waals surface area (Å²) in [5, 5.41) is 1.83. The van der Waals surface area contributed by atoms with E-state index in [-0.39, 0.29) is 5.16 Å². The van der Waals surface area contributed by atoms with Gasteiger partial charge in [-0.15, -0.1) is 0 Å². The fourth-order valence-corrected chi connectivity index (χ4v) is 3.98. The molecule has 0 aliphatic carbocycles. The predicted octanol–water partition coefficient (Wildman–Crippen LogP) is 4.47. The van der Waals surface area contributed by atoms with Gasteiger partial charge in [-0.1, -0.05) is 75.8 Å². The first-order valence-electron chi connectivity index (χ1n) is 6.08. The zero-order chi connectivity index (χ0) is 11.7. The van der Waals surface area contributed by atoms with Crippen molar-refractivity contribution in [1.29, 1.82) is 0 Å². The topological polar surface area (TPSA) is 0 Å². The molecule has 0 atom stereocenters. The molecule has 1 aliphatic heterocycles. The highest BCUT2D eigenvalue weighted by atomic mass is 31.1. The molecule has 0 radical (unpaired) electrons. The standard InChI is InChI=1S/C16H15P/c1-2-15-16(17-15,13-9-5-3-6-10-13)14-11-7-4-8-12-14/h3-12H,2H2,1H3. The van der Waals surface area contributed by atoms with Crippen molar-refractivity contribution in [3.63, 3.8) is 0 Å². The molecule has 0 N–H and O–H groups in total. The van der Waals surface area contributed by atoms with Crippen molar-refractivity contribution in [2.75, 3.05) is 0 Å². The summed E-state index contributed by atoms with van der Waals surface area (Å²) in [6.07, 6.45) is 1.17. The van der Waals surface area contributed by atoms with E-state index < -0.39 is 0 Å². The van der Waals surface area contributed by atoms with E-state index in [1.807, 2.05) is 0 Å². The lowest BCUT2D eigenvalue weighted by molar-refractivity contribution is 1.02. The summed E-state index contributed by atoms with van der Waals surface area (Å²) >= 11 is 0. The van der Waals surface area contributed by atoms with Crippen LogP contribution in [0.25, 0.3) is 0 Å². The highest BCUT2D eigenvalue weighted by molar-refractivity contribution is 7.56. The summed E-state index contributed by atoms with van der Waals surface area (Å²) < 4.78 is 0. The Bertz CT molecular complexity index is 501. The van der Waals surface area contributed by atoms with Crippen LogP contribution >= 0.6 is 8.20 Å². The van der Waals surface area contributed by atoms with Gasteiger partial charge in [0.25, 0.3) is 0 Å². The van der Waals surface area contributed by atoms with E-state index in [1.165, 1.54) is 25.8 Å². The molecule has 0 aromatic heterocycles. The van der Waals surface area contributed by atoms with E-state index in [9.17, 15) is 0 Å². The summed E-state index contributed by atoms with van der Waals surface area (Å²) in [7, 11) is 1.48. The first-order valence-corrected chi connectivity index (χ1v) is 6.97. The molecular weight excluding hydrogens is 223 g/mol. The van der Waals surface area contributed by atoms with Crippen LogP contribution in [-0.2, 0) is 5.16 Å². The quantitative estimate of drug-likeness (QED) is 0.692. The van der Waals surface area contributed by atoms with Crippen LogP contribution in [0.1, 0.15) is 24.5 Å². The molecule has 1 heterocycles. The largest absolute Gasteiger partial charge is 0.0871 e. The molecule has 2 aromatic rings. The zero-order valence-electron chi connectivity index (χ0n) is 9.93. The SMILES string of the molecule is CCC1=PC1(c1ccccc1)c1ccccc1. The molecule has 0 nitrogen and oxygen atoms in total. The van der Waals surface area contributed by atoms with Gasteiger partial charge in [0.2, 0.25) is 0 Å². The highest BCUT2D eigenvalue weighted by Gasteiger charge is 2.46. The second-order valence-corrected chi connectivity index (χ2v) is 5.79. The maximum absolute atomic E-state index is 2.26. The second-order valence-electron chi connectivity index (χ2n) is 4.35. The molecule has 3 rings (SSSR count). The van der Waals surface area contributed by atoms with Gasteiger partial charge in [0.15, 0.2) is 0 Å². The van der Waals surface area contributed by atoms with E-state index >= 15 is 0 Å². The third-order valence-corrected chi connectivity index (χ3v) is 5.21. The Morgan fingerprint density at radius 3 is 1.65 bits per heavy atom. The number of rotatable bonds is 3. The Kier molecular flexibility index (Phi) is 2.61. The van der Waals surface area contributed by atoms with E-state index in [4.69, 9.17) is 0 Å². The third-order valence-electron chi connectivity index (χ3n) is 3.39. The number of hydrogen-bond donors (Lipinski definition) is 0.